The van der Waals surface area contributed by atoms with Gasteiger partial charge in [0, 0.05) is 0 Å². The maximum atomic E-state index is 12.3. The molecule has 0 bridgehead atoms. The van der Waals surface area contributed by atoms with Crippen LogP contribution in [-0.4, -0.2) is 12.1 Å². The monoisotopic (exact) mass is 238 g/mol. The van der Waals surface area contributed by atoms with Gasteiger partial charge in [0.2, 0.25) is 0 Å². The van der Waals surface area contributed by atoms with E-state index in [4.69, 9.17) is 4.74 Å². The fourth-order valence-corrected chi connectivity index (χ4v) is 3.08. The number of ether oxygens (including phenoxy) is 1. The summed E-state index contributed by atoms with van der Waals surface area (Å²) in [5.74, 6) is 0.0966. The Kier molecular flexibility index (Phi) is 3.51. The number of hydrogen-bond acceptors (Lipinski definition) is 2. The number of carbonyl (C=O) groups is 1. The first-order valence-corrected chi connectivity index (χ1v) is 7.12. The Bertz CT molecular complexity index is 278. The highest BCUT2D eigenvalue weighted by atomic mass is 16.5. The summed E-state index contributed by atoms with van der Waals surface area (Å²) in [6, 6.07) is 0. The lowest BCUT2D eigenvalue weighted by Gasteiger charge is -2.28. The number of hydrogen-bond donors (Lipinski definition) is 0. The summed E-state index contributed by atoms with van der Waals surface area (Å²) in [5.41, 5.74) is 0.109. The topological polar surface area (TPSA) is 26.3 Å². The van der Waals surface area contributed by atoms with E-state index >= 15 is 0 Å². The van der Waals surface area contributed by atoms with Crippen molar-refractivity contribution in [3.8, 4) is 0 Å². The zero-order chi connectivity index (χ0) is 12.5. The van der Waals surface area contributed by atoms with E-state index in [0.29, 0.717) is 0 Å². The molecule has 0 aromatic rings. The molecule has 0 aromatic heterocycles. The number of rotatable bonds is 3. The molecular weight excluding hydrogens is 212 g/mol. The van der Waals surface area contributed by atoms with Crippen molar-refractivity contribution < 1.29 is 9.53 Å². The maximum absolute atomic E-state index is 12.3. The van der Waals surface area contributed by atoms with Crippen molar-refractivity contribution >= 4 is 5.97 Å². The van der Waals surface area contributed by atoms with Crippen LogP contribution in [0.5, 0.6) is 0 Å². The first kappa shape index (κ1) is 12.9. The van der Waals surface area contributed by atoms with Gasteiger partial charge in [-0.05, 0) is 50.4 Å². The van der Waals surface area contributed by atoms with Crippen LogP contribution in [-0.2, 0) is 9.53 Å². The van der Waals surface area contributed by atoms with Gasteiger partial charge in [-0.15, -0.1) is 0 Å². The van der Waals surface area contributed by atoms with E-state index in [-0.39, 0.29) is 22.9 Å². The third kappa shape index (κ3) is 3.46. The van der Waals surface area contributed by atoms with Crippen molar-refractivity contribution in [2.24, 2.45) is 10.8 Å². The third-order valence-electron chi connectivity index (χ3n) is 3.98. The minimum Gasteiger partial charge on any atom is -0.462 e. The molecule has 17 heavy (non-hydrogen) atoms. The molecule has 98 valence electrons. The Labute approximate surface area is 105 Å². The molecule has 0 saturated heterocycles. The lowest BCUT2D eigenvalue weighted by Crippen LogP contribution is -2.29. The smallest absolute Gasteiger partial charge is 0.312 e. The Morgan fingerprint density at radius 3 is 2.24 bits per heavy atom. The molecule has 0 aliphatic heterocycles. The second-order valence-electron chi connectivity index (χ2n) is 7.18. The van der Waals surface area contributed by atoms with E-state index in [1.54, 1.807) is 0 Å². The van der Waals surface area contributed by atoms with E-state index in [9.17, 15) is 4.79 Å². The summed E-state index contributed by atoms with van der Waals surface area (Å²) in [4.78, 5) is 12.3. The highest BCUT2D eigenvalue weighted by molar-refractivity contribution is 5.80. The summed E-state index contributed by atoms with van der Waals surface area (Å²) >= 11 is 0. The maximum Gasteiger partial charge on any atom is 0.312 e. The standard InChI is InChI=1S/C15H26O2/c1-14(2,3)11-15(9-10-15)13(16)17-12-7-5-4-6-8-12/h12H,4-11H2,1-3H3. The lowest BCUT2D eigenvalue weighted by atomic mass is 9.82. The van der Waals surface area contributed by atoms with Gasteiger partial charge in [0.15, 0.2) is 0 Å². The van der Waals surface area contributed by atoms with E-state index in [1.165, 1.54) is 19.3 Å². The molecule has 2 heteroatoms. The minimum absolute atomic E-state index is 0.0966. The summed E-state index contributed by atoms with van der Waals surface area (Å²) in [6.07, 6.45) is 9.19. The van der Waals surface area contributed by atoms with Crippen LogP contribution < -0.4 is 0 Å². The van der Waals surface area contributed by atoms with Crippen molar-refractivity contribution in [3.05, 3.63) is 0 Å². The molecule has 2 saturated carbocycles. The van der Waals surface area contributed by atoms with E-state index in [1.807, 2.05) is 0 Å². The molecule has 0 radical (unpaired) electrons. The van der Waals surface area contributed by atoms with Crippen molar-refractivity contribution in [3.63, 3.8) is 0 Å². The Morgan fingerprint density at radius 1 is 1.18 bits per heavy atom. The molecule has 2 aliphatic rings. The van der Waals surface area contributed by atoms with E-state index in [0.717, 1.165) is 32.1 Å². The molecule has 0 amide bonds. The molecule has 0 N–H and O–H groups in total. The van der Waals surface area contributed by atoms with Crippen LogP contribution in [0.2, 0.25) is 0 Å². The summed E-state index contributed by atoms with van der Waals surface area (Å²) in [6.45, 7) is 6.63. The summed E-state index contributed by atoms with van der Waals surface area (Å²) in [5, 5.41) is 0. The third-order valence-corrected chi connectivity index (χ3v) is 3.98. The summed E-state index contributed by atoms with van der Waals surface area (Å²) < 4.78 is 5.73. The second-order valence-corrected chi connectivity index (χ2v) is 7.18. The van der Waals surface area contributed by atoms with Crippen molar-refractivity contribution in [1.82, 2.24) is 0 Å². The average Bonchev–Trinajstić information content (AvgIpc) is 2.98. The number of carbonyl (C=O) groups excluding carboxylic acids is 1. The molecule has 2 rings (SSSR count). The molecule has 0 atom stereocenters. The van der Waals surface area contributed by atoms with Crippen LogP contribution in [0, 0.1) is 10.8 Å². The van der Waals surface area contributed by atoms with Gasteiger partial charge in [0.1, 0.15) is 6.10 Å². The predicted molar refractivity (Wildman–Crippen MR) is 68.7 cm³/mol. The van der Waals surface area contributed by atoms with E-state index < -0.39 is 0 Å². The molecule has 2 nitrogen and oxygen atoms in total. The highest BCUT2D eigenvalue weighted by Crippen LogP contribution is 2.54. The highest BCUT2D eigenvalue weighted by Gasteiger charge is 2.53. The van der Waals surface area contributed by atoms with Crippen LogP contribution >= 0.6 is 0 Å². The SMILES string of the molecule is CC(C)(C)CC1(C(=O)OC2CCCCC2)CC1. The Balaban J connectivity index is 1.86. The second kappa shape index (κ2) is 4.62. The fourth-order valence-electron chi connectivity index (χ4n) is 3.08. The van der Waals surface area contributed by atoms with Crippen LogP contribution in [0.25, 0.3) is 0 Å². The largest absolute Gasteiger partial charge is 0.462 e. The van der Waals surface area contributed by atoms with Gasteiger partial charge >= 0.3 is 5.97 Å². The van der Waals surface area contributed by atoms with E-state index in [2.05, 4.69) is 20.8 Å². The van der Waals surface area contributed by atoms with Gasteiger partial charge in [-0.25, -0.2) is 0 Å². The molecule has 0 unspecified atom stereocenters. The molecule has 0 aromatic carbocycles. The fraction of sp³-hybridized carbons (Fsp3) is 0.933. The lowest BCUT2D eigenvalue weighted by molar-refractivity contribution is -0.158. The van der Waals surface area contributed by atoms with Crippen LogP contribution in [0.3, 0.4) is 0 Å². The number of esters is 1. The Morgan fingerprint density at radius 2 is 1.76 bits per heavy atom. The Hall–Kier alpha value is -0.530. The zero-order valence-electron chi connectivity index (χ0n) is 11.6. The molecule has 0 heterocycles. The van der Waals surface area contributed by atoms with Gasteiger partial charge in [0.25, 0.3) is 0 Å². The average molecular weight is 238 g/mol. The van der Waals surface area contributed by atoms with Gasteiger partial charge in [-0.1, -0.05) is 27.2 Å². The zero-order valence-corrected chi connectivity index (χ0v) is 11.6. The minimum atomic E-state index is -0.115. The van der Waals surface area contributed by atoms with Crippen molar-refractivity contribution in [2.75, 3.05) is 0 Å². The van der Waals surface area contributed by atoms with Crippen molar-refractivity contribution in [2.45, 2.75) is 78.2 Å². The van der Waals surface area contributed by atoms with Crippen LogP contribution in [0.1, 0.15) is 72.1 Å². The van der Waals surface area contributed by atoms with Crippen LogP contribution in [0.4, 0.5) is 0 Å². The van der Waals surface area contributed by atoms with Gasteiger partial charge in [-0.3, -0.25) is 4.79 Å². The van der Waals surface area contributed by atoms with Gasteiger partial charge < -0.3 is 4.74 Å². The predicted octanol–water partition coefficient (Wildman–Crippen LogP) is 4.08. The van der Waals surface area contributed by atoms with Crippen LogP contribution in [0.15, 0.2) is 0 Å². The molecule has 0 spiro atoms. The molecule has 2 fully saturated rings. The van der Waals surface area contributed by atoms with Crippen molar-refractivity contribution in [1.29, 1.82) is 0 Å². The quantitative estimate of drug-likeness (QED) is 0.692. The van der Waals surface area contributed by atoms with Gasteiger partial charge in [0.05, 0.1) is 5.41 Å². The normalized spacial score (nSPS) is 24.4. The molecule has 2 aliphatic carbocycles. The summed E-state index contributed by atoms with van der Waals surface area (Å²) in [7, 11) is 0. The first-order chi connectivity index (χ1) is 7.91. The van der Waals surface area contributed by atoms with Gasteiger partial charge in [-0.2, -0.15) is 0 Å². The molecular formula is C15H26O2. The first-order valence-electron chi connectivity index (χ1n) is 7.12.